The van der Waals surface area contributed by atoms with Crippen molar-refractivity contribution >= 4 is 22.7 Å². The molecule has 0 aliphatic rings. The molecule has 1 N–H and O–H groups in total. The molecule has 35 heavy (non-hydrogen) atoms. The normalized spacial score (nSPS) is 10.9. The number of nitriles is 1. The largest absolute Gasteiger partial charge is 0.475 e. The Morgan fingerprint density at radius 2 is 1.46 bits per heavy atom. The molecule has 0 spiro atoms. The van der Waals surface area contributed by atoms with Gasteiger partial charge in [-0.15, -0.1) is 0 Å². The summed E-state index contributed by atoms with van der Waals surface area (Å²) in [6.45, 7) is 4.62. The van der Waals surface area contributed by atoms with Gasteiger partial charge in [-0.3, -0.25) is 0 Å². The van der Waals surface area contributed by atoms with E-state index in [0.717, 1.165) is 22.2 Å². The van der Waals surface area contributed by atoms with Crippen LogP contribution in [0.2, 0.25) is 0 Å². The van der Waals surface area contributed by atoms with E-state index >= 15 is 0 Å². The average Bonchev–Trinajstić information content (AvgIpc) is 3.26. The number of hydrogen-bond acceptors (Lipinski definition) is 6. The minimum atomic E-state index is 0.296. The van der Waals surface area contributed by atoms with Gasteiger partial charge >= 0.3 is 0 Å². The van der Waals surface area contributed by atoms with E-state index in [1.54, 1.807) is 0 Å². The van der Waals surface area contributed by atoms with Crippen molar-refractivity contribution in [2.45, 2.75) is 13.8 Å². The predicted molar refractivity (Wildman–Crippen MR) is 137 cm³/mol. The molecule has 0 radical (unpaired) electrons. The summed E-state index contributed by atoms with van der Waals surface area (Å²) in [4.78, 5) is 9.41. The van der Waals surface area contributed by atoms with E-state index in [1.807, 2.05) is 84.9 Å². The van der Waals surface area contributed by atoms with Crippen molar-refractivity contribution in [3.8, 4) is 34.4 Å². The molecule has 0 aliphatic carbocycles. The zero-order valence-electron chi connectivity index (χ0n) is 19.5. The van der Waals surface area contributed by atoms with Crippen LogP contribution in [0.1, 0.15) is 19.4 Å². The third kappa shape index (κ3) is 4.57. The van der Waals surface area contributed by atoms with Crippen LogP contribution in [0.4, 0.5) is 11.7 Å². The summed E-state index contributed by atoms with van der Waals surface area (Å²) in [7, 11) is 0. The van der Waals surface area contributed by atoms with E-state index in [0.29, 0.717) is 46.9 Å². The van der Waals surface area contributed by atoms with Gasteiger partial charge in [-0.25, -0.2) is 9.97 Å². The van der Waals surface area contributed by atoms with E-state index < -0.39 is 0 Å². The molecule has 0 bridgehead atoms. The molecule has 5 rings (SSSR count). The van der Waals surface area contributed by atoms with Gasteiger partial charge in [0.05, 0.1) is 17.6 Å². The number of fused-ring (bicyclic) bond motifs is 1. The van der Waals surface area contributed by atoms with Crippen molar-refractivity contribution in [3.05, 3.63) is 90.5 Å². The van der Waals surface area contributed by atoms with Crippen LogP contribution in [-0.4, -0.2) is 16.6 Å². The molecule has 6 nitrogen and oxygen atoms in total. The van der Waals surface area contributed by atoms with Crippen molar-refractivity contribution < 1.29 is 9.15 Å². The monoisotopic (exact) mass is 460 g/mol. The van der Waals surface area contributed by atoms with Crippen LogP contribution in [-0.2, 0) is 0 Å². The second-order valence-electron chi connectivity index (χ2n) is 8.55. The number of nitrogens with zero attached hydrogens (tertiary/aromatic N) is 3. The first kappa shape index (κ1) is 22.2. The lowest BCUT2D eigenvalue weighted by Crippen LogP contribution is -2.09. The predicted octanol–water partition coefficient (Wildman–Crippen LogP) is 7.21. The zero-order chi connectivity index (χ0) is 24.2. The molecule has 2 aromatic heterocycles. The molecule has 3 aromatic carbocycles. The Balaban J connectivity index is 1.66. The van der Waals surface area contributed by atoms with Gasteiger partial charge in [0.15, 0.2) is 5.82 Å². The molecule has 0 atom stereocenters. The third-order valence-electron chi connectivity index (χ3n) is 5.44. The maximum Gasteiger partial charge on any atom is 0.258 e. The first-order valence-corrected chi connectivity index (χ1v) is 11.5. The highest BCUT2D eigenvalue weighted by Crippen LogP contribution is 2.42. The fourth-order valence-electron chi connectivity index (χ4n) is 3.82. The molecule has 5 aromatic rings. The summed E-state index contributed by atoms with van der Waals surface area (Å²) in [5, 5.41) is 13.4. The van der Waals surface area contributed by atoms with Crippen LogP contribution in [0.5, 0.6) is 5.88 Å². The number of ether oxygens (including phenoxy) is 1. The van der Waals surface area contributed by atoms with Crippen LogP contribution in [0.3, 0.4) is 0 Å². The maximum atomic E-state index is 10.2. The fourth-order valence-corrected chi connectivity index (χ4v) is 3.82. The van der Waals surface area contributed by atoms with Gasteiger partial charge < -0.3 is 14.5 Å². The van der Waals surface area contributed by atoms with E-state index in [-0.39, 0.29) is 0 Å². The molecule has 2 heterocycles. The minimum Gasteiger partial charge on any atom is -0.475 e. The molecule has 6 heteroatoms. The summed E-state index contributed by atoms with van der Waals surface area (Å²) in [6, 6.07) is 29.5. The number of anilines is 2. The van der Waals surface area contributed by atoms with E-state index in [1.165, 1.54) is 0 Å². The van der Waals surface area contributed by atoms with Crippen molar-refractivity contribution in [1.82, 2.24) is 9.97 Å². The van der Waals surface area contributed by atoms with Gasteiger partial charge in [-0.05, 0) is 23.6 Å². The topological polar surface area (TPSA) is 84.0 Å². The summed E-state index contributed by atoms with van der Waals surface area (Å²) in [6.07, 6.45) is 0. The standard InChI is InChI=1S/C29H24N4O2/c1-19(2)18-34-29-27(31-23-15-9-10-16-24(23)32-29)33-28-22(17-30)25(20-11-5-3-6-12-20)26(35-28)21-13-7-4-8-14-21/h3-16,19H,18H2,1-2H3,(H,31,33). The van der Waals surface area contributed by atoms with Gasteiger partial charge in [0.25, 0.3) is 5.88 Å². The highest BCUT2D eigenvalue weighted by atomic mass is 16.5. The fraction of sp³-hybridized carbons (Fsp3) is 0.138. The Kier molecular flexibility index (Phi) is 6.15. The van der Waals surface area contributed by atoms with E-state index in [4.69, 9.17) is 14.1 Å². The van der Waals surface area contributed by atoms with Crippen LogP contribution < -0.4 is 10.1 Å². The Morgan fingerprint density at radius 1 is 0.857 bits per heavy atom. The number of rotatable bonds is 7. The molecule has 0 unspecified atom stereocenters. The van der Waals surface area contributed by atoms with Gasteiger partial charge in [0.1, 0.15) is 17.4 Å². The highest BCUT2D eigenvalue weighted by Gasteiger charge is 2.24. The average molecular weight is 461 g/mol. The molecule has 0 saturated heterocycles. The van der Waals surface area contributed by atoms with Gasteiger partial charge in [-0.1, -0.05) is 86.6 Å². The minimum absolute atomic E-state index is 0.296. The van der Waals surface area contributed by atoms with Crippen molar-refractivity contribution in [2.75, 3.05) is 11.9 Å². The Bertz CT molecular complexity index is 1500. The lowest BCUT2D eigenvalue weighted by Gasteiger charge is -2.13. The first-order chi connectivity index (χ1) is 17.1. The molecular formula is C29H24N4O2. The van der Waals surface area contributed by atoms with E-state index in [2.05, 4.69) is 30.2 Å². The lowest BCUT2D eigenvalue weighted by atomic mass is 9.98. The second-order valence-corrected chi connectivity index (χ2v) is 8.55. The molecule has 0 amide bonds. The first-order valence-electron chi connectivity index (χ1n) is 11.5. The highest BCUT2D eigenvalue weighted by molar-refractivity contribution is 5.89. The smallest absolute Gasteiger partial charge is 0.258 e. The molecule has 0 saturated carbocycles. The number of furan rings is 1. The number of hydrogen-bond donors (Lipinski definition) is 1. The molecule has 0 fully saturated rings. The summed E-state index contributed by atoms with van der Waals surface area (Å²) < 4.78 is 12.3. The van der Waals surface area contributed by atoms with Crippen LogP contribution >= 0.6 is 0 Å². The Labute approximate surface area is 203 Å². The number of benzene rings is 3. The molecule has 172 valence electrons. The molecular weight excluding hydrogens is 436 g/mol. The summed E-state index contributed by atoms with van der Waals surface area (Å²) in [5.74, 6) is 1.97. The quantitative estimate of drug-likeness (QED) is 0.276. The van der Waals surface area contributed by atoms with Crippen molar-refractivity contribution in [3.63, 3.8) is 0 Å². The van der Waals surface area contributed by atoms with Crippen LogP contribution in [0.25, 0.3) is 33.5 Å². The third-order valence-corrected chi connectivity index (χ3v) is 5.44. The van der Waals surface area contributed by atoms with Gasteiger partial charge in [0.2, 0.25) is 5.88 Å². The number of para-hydroxylation sites is 2. The van der Waals surface area contributed by atoms with Crippen LogP contribution in [0, 0.1) is 17.2 Å². The summed E-state index contributed by atoms with van der Waals surface area (Å²) in [5.41, 5.74) is 4.31. The Hall–Kier alpha value is -4.63. The van der Waals surface area contributed by atoms with Crippen molar-refractivity contribution in [1.29, 1.82) is 5.26 Å². The van der Waals surface area contributed by atoms with Gasteiger partial charge in [-0.2, -0.15) is 5.26 Å². The maximum absolute atomic E-state index is 10.2. The lowest BCUT2D eigenvalue weighted by molar-refractivity contribution is 0.263. The van der Waals surface area contributed by atoms with E-state index in [9.17, 15) is 5.26 Å². The SMILES string of the molecule is CC(C)COc1nc2ccccc2nc1Nc1oc(-c2ccccc2)c(-c2ccccc2)c1C#N. The van der Waals surface area contributed by atoms with Crippen molar-refractivity contribution in [2.24, 2.45) is 5.92 Å². The van der Waals surface area contributed by atoms with Crippen LogP contribution in [0.15, 0.2) is 89.3 Å². The number of aromatic nitrogens is 2. The van der Waals surface area contributed by atoms with Gasteiger partial charge in [0, 0.05) is 11.1 Å². The molecule has 0 aliphatic heterocycles. The zero-order valence-corrected chi connectivity index (χ0v) is 19.5. The second kappa shape index (κ2) is 9.70. The number of nitrogens with one attached hydrogen (secondary N) is 1. The summed E-state index contributed by atoms with van der Waals surface area (Å²) >= 11 is 0. The Morgan fingerprint density at radius 3 is 2.09 bits per heavy atom.